The molecule has 10 heteroatoms. The number of hydrogen-bond acceptors (Lipinski definition) is 5. The average Bonchev–Trinajstić information content (AvgIpc) is 3.14. The summed E-state index contributed by atoms with van der Waals surface area (Å²) in [5.41, 5.74) is 3.31. The molecular formula is C25H29ClIN5O2S. The Hall–Kier alpha value is -2.11. The van der Waals surface area contributed by atoms with Gasteiger partial charge in [-0.25, -0.2) is 0 Å². The molecule has 2 aromatic carbocycles. The summed E-state index contributed by atoms with van der Waals surface area (Å²) in [6, 6.07) is 10.7. The fourth-order valence-corrected chi connectivity index (χ4v) is 5.62. The topological polar surface area (TPSA) is 88.9 Å². The number of amides is 2. The van der Waals surface area contributed by atoms with Gasteiger partial charge in [0.2, 0.25) is 5.91 Å². The van der Waals surface area contributed by atoms with E-state index in [1.54, 1.807) is 24.3 Å². The van der Waals surface area contributed by atoms with Crippen molar-refractivity contribution < 1.29 is 9.59 Å². The second-order valence-corrected chi connectivity index (χ2v) is 11.4. The molecule has 1 atom stereocenters. The molecule has 0 saturated carbocycles. The van der Waals surface area contributed by atoms with Crippen LogP contribution in [-0.4, -0.2) is 32.3 Å². The van der Waals surface area contributed by atoms with Gasteiger partial charge in [0.15, 0.2) is 11.0 Å². The molecule has 1 heterocycles. The van der Waals surface area contributed by atoms with E-state index in [0.717, 1.165) is 20.4 Å². The summed E-state index contributed by atoms with van der Waals surface area (Å²) < 4.78 is 2.97. The van der Waals surface area contributed by atoms with Gasteiger partial charge in [-0.2, -0.15) is 0 Å². The number of rotatable bonds is 9. The van der Waals surface area contributed by atoms with Crippen molar-refractivity contribution in [3.63, 3.8) is 0 Å². The smallest absolute Gasteiger partial charge is 0.253 e. The van der Waals surface area contributed by atoms with Gasteiger partial charge < -0.3 is 15.2 Å². The Morgan fingerprint density at radius 1 is 1.14 bits per heavy atom. The van der Waals surface area contributed by atoms with Crippen LogP contribution in [0.2, 0.25) is 5.02 Å². The molecular weight excluding hydrogens is 597 g/mol. The van der Waals surface area contributed by atoms with Crippen molar-refractivity contribution in [1.29, 1.82) is 0 Å². The third-order valence-electron chi connectivity index (χ3n) is 5.41. The number of anilines is 1. The monoisotopic (exact) mass is 625 g/mol. The van der Waals surface area contributed by atoms with Crippen molar-refractivity contribution in [3.8, 4) is 0 Å². The van der Waals surface area contributed by atoms with Gasteiger partial charge in [-0.1, -0.05) is 49.3 Å². The standard InChI is InChI=1S/C25H29ClIN5O2S/c1-14(2)10-20(28-24(34)18-8-6-7-9-19(18)26)23-30-31-25(32(23)5)35-13-21(33)29-22-15(3)11-17(27)12-16(22)4/h6-9,11-12,14,20H,10,13H2,1-5H3,(H,28,34)(H,29,33)/t20-/m1/s1. The molecule has 1 aromatic heterocycles. The highest BCUT2D eigenvalue weighted by Gasteiger charge is 2.24. The van der Waals surface area contributed by atoms with Crippen molar-refractivity contribution in [2.75, 3.05) is 11.1 Å². The zero-order chi connectivity index (χ0) is 25.7. The minimum atomic E-state index is -0.350. The first-order valence-electron chi connectivity index (χ1n) is 11.2. The van der Waals surface area contributed by atoms with Crippen LogP contribution >= 0.6 is 46.0 Å². The van der Waals surface area contributed by atoms with Crippen molar-refractivity contribution >= 4 is 63.5 Å². The first kappa shape index (κ1) is 27.5. The molecule has 0 bridgehead atoms. The minimum Gasteiger partial charge on any atom is -0.342 e. The normalized spacial score (nSPS) is 12.0. The Morgan fingerprint density at radius 3 is 2.43 bits per heavy atom. The zero-order valence-corrected chi connectivity index (χ0v) is 24.1. The molecule has 0 aliphatic carbocycles. The highest BCUT2D eigenvalue weighted by atomic mass is 127. The van der Waals surface area contributed by atoms with E-state index in [1.807, 2.05) is 37.6 Å². The number of benzene rings is 2. The molecule has 186 valence electrons. The van der Waals surface area contributed by atoms with Crippen LogP contribution in [0.5, 0.6) is 0 Å². The lowest BCUT2D eigenvalue weighted by Crippen LogP contribution is -2.31. The maximum Gasteiger partial charge on any atom is 0.253 e. The predicted octanol–water partition coefficient (Wildman–Crippen LogP) is 5.94. The second-order valence-electron chi connectivity index (χ2n) is 8.79. The summed E-state index contributed by atoms with van der Waals surface area (Å²) in [7, 11) is 1.85. The molecule has 2 amide bonds. The van der Waals surface area contributed by atoms with E-state index in [2.05, 4.69) is 57.3 Å². The Morgan fingerprint density at radius 2 is 1.80 bits per heavy atom. The van der Waals surface area contributed by atoms with E-state index in [-0.39, 0.29) is 23.6 Å². The fourth-order valence-electron chi connectivity index (χ4n) is 3.75. The van der Waals surface area contributed by atoms with E-state index in [0.29, 0.717) is 33.9 Å². The number of carbonyl (C=O) groups excluding carboxylic acids is 2. The maximum absolute atomic E-state index is 12.9. The fraction of sp³-hybridized carbons (Fsp3) is 0.360. The zero-order valence-electron chi connectivity index (χ0n) is 20.4. The van der Waals surface area contributed by atoms with Crippen LogP contribution in [0.1, 0.15) is 53.6 Å². The molecule has 3 aromatic rings. The first-order chi connectivity index (χ1) is 16.6. The third kappa shape index (κ3) is 7.20. The summed E-state index contributed by atoms with van der Waals surface area (Å²) in [6.07, 6.45) is 0.679. The van der Waals surface area contributed by atoms with Crippen molar-refractivity contribution in [1.82, 2.24) is 20.1 Å². The number of hydrogen-bond donors (Lipinski definition) is 2. The highest BCUT2D eigenvalue weighted by molar-refractivity contribution is 14.1. The van der Waals surface area contributed by atoms with Gasteiger partial charge in [0, 0.05) is 16.3 Å². The van der Waals surface area contributed by atoms with Gasteiger partial charge in [0.05, 0.1) is 22.4 Å². The van der Waals surface area contributed by atoms with Crippen LogP contribution in [-0.2, 0) is 11.8 Å². The van der Waals surface area contributed by atoms with Gasteiger partial charge in [-0.15, -0.1) is 10.2 Å². The summed E-state index contributed by atoms with van der Waals surface area (Å²) in [4.78, 5) is 25.5. The minimum absolute atomic E-state index is 0.113. The lowest BCUT2D eigenvalue weighted by molar-refractivity contribution is -0.113. The van der Waals surface area contributed by atoms with Gasteiger partial charge in [-0.3, -0.25) is 9.59 Å². The highest BCUT2D eigenvalue weighted by Crippen LogP contribution is 2.26. The van der Waals surface area contributed by atoms with E-state index in [9.17, 15) is 9.59 Å². The second kappa shape index (κ2) is 12.2. The molecule has 2 N–H and O–H groups in total. The SMILES string of the molecule is Cc1cc(I)cc(C)c1NC(=O)CSc1nnc([C@@H](CC(C)C)NC(=O)c2ccccc2Cl)n1C. The summed E-state index contributed by atoms with van der Waals surface area (Å²) >= 11 is 9.78. The molecule has 0 fully saturated rings. The average molecular weight is 626 g/mol. The van der Waals surface area contributed by atoms with Crippen molar-refractivity contribution in [2.24, 2.45) is 13.0 Å². The molecule has 0 saturated heterocycles. The Balaban J connectivity index is 1.71. The van der Waals surface area contributed by atoms with Crippen LogP contribution in [0.4, 0.5) is 5.69 Å². The predicted molar refractivity (Wildman–Crippen MR) is 150 cm³/mol. The van der Waals surface area contributed by atoms with Crippen LogP contribution in [0.15, 0.2) is 41.6 Å². The first-order valence-corrected chi connectivity index (χ1v) is 13.6. The van der Waals surface area contributed by atoms with E-state index < -0.39 is 0 Å². The Labute approximate surface area is 228 Å². The Kier molecular flexibility index (Phi) is 9.60. The van der Waals surface area contributed by atoms with E-state index in [1.165, 1.54) is 11.8 Å². The quantitative estimate of drug-likeness (QED) is 0.227. The molecule has 0 unspecified atom stereocenters. The van der Waals surface area contributed by atoms with Gasteiger partial charge in [0.1, 0.15) is 0 Å². The van der Waals surface area contributed by atoms with Crippen LogP contribution < -0.4 is 10.6 Å². The lowest BCUT2D eigenvalue weighted by Gasteiger charge is -2.20. The molecule has 0 radical (unpaired) electrons. The Bertz CT molecular complexity index is 1210. The van der Waals surface area contributed by atoms with Crippen LogP contribution in [0.3, 0.4) is 0 Å². The molecule has 0 aliphatic rings. The number of thioether (sulfide) groups is 1. The van der Waals surface area contributed by atoms with Crippen molar-refractivity contribution in [2.45, 2.75) is 45.3 Å². The van der Waals surface area contributed by atoms with Crippen LogP contribution in [0, 0.1) is 23.3 Å². The molecule has 0 spiro atoms. The van der Waals surface area contributed by atoms with E-state index >= 15 is 0 Å². The number of halogens is 2. The molecule has 0 aliphatic heterocycles. The largest absolute Gasteiger partial charge is 0.342 e. The van der Waals surface area contributed by atoms with Crippen molar-refractivity contribution in [3.05, 3.63) is 67.5 Å². The lowest BCUT2D eigenvalue weighted by atomic mass is 10.0. The summed E-state index contributed by atoms with van der Waals surface area (Å²) in [5.74, 6) is 0.758. The molecule has 3 rings (SSSR count). The third-order valence-corrected chi connectivity index (χ3v) is 7.38. The maximum atomic E-state index is 12.9. The van der Waals surface area contributed by atoms with Gasteiger partial charge in [-0.05, 0) is 84.2 Å². The summed E-state index contributed by atoms with van der Waals surface area (Å²) in [6.45, 7) is 8.14. The number of nitrogens with one attached hydrogen (secondary N) is 2. The number of aryl methyl sites for hydroxylation is 2. The number of nitrogens with zero attached hydrogens (tertiary/aromatic N) is 3. The van der Waals surface area contributed by atoms with Gasteiger partial charge in [0.25, 0.3) is 5.91 Å². The van der Waals surface area contributed by atoms with E-state index in [4.69, 9.17) is 11.6 Å². The molecule has 35 heavy (non-hydrogen) atoms. The number of carbonyl (C=O) groups is 2. The van der Waals surface area contributed by atoms with Gasteiger partial charge >= 0.3 is 0 Å². The summed E-state index contributed by atoms with van der Waals surface area (Å²) in [5, 5.41) is 15.7. The van der Waals surface area contributed by atoms with Crippen LogP contribution in [0.25, 0.3) is 0 Å². The molecule has 7 nitrogen and oxygen atoms in total. The number of aromatic nitrogens is 3.